The van der Waals surface area contributed by atoms with Gasteiger partial charge in [0.25, 0.3) is 0 Å². The summed E-state index contributed by atoms with van der Waals surface area (Å²) in [5.41, 5.74) is -1.16. The molecule has 1 spiro atoms. The van der Waals surface area contributed by atoms with Crippen LogP contribution in [0.4, 0.5) is 0 Å². The lowest BCUT2D eigenvalue weighted by Gasteiger charge is -2.69. The molecular weight excluding hydrogens is 410 g/mol. The number of nitrogens with zero attached hydrogens (tertiary/aromatic N) is 1. The summed E-state index contributed by atoms with van der Waals surface area (Å²) in [5, 5.41) is 23.9. The second-order valence-corrected chi connectivity index (χ2v) is 11.8. The van der Waals surface area contributed by atoms with E-state index in [1.54, 1.807) is 7.11 Å². The van der Waals surface area contributed by atoms with Crippen molar-refractivity contribution >= 4 is 5.97 Å². The Kier molecular flexibility index (Phi) is 4.70. The molecule has 0 amide bonds. The first kappa shape index (κ1) is 21.8. The molecule has 1 heterocycles. The van der Waals surface area contributed by atoms with Gasteiger partial charge < -0.3 is 24.4 Å². The largest absolute Gasteiger partial charge is 0.465 e. The number of fused-ring (bicyclic) bond motifs is 2. The van der Waals surface area contributed by atoms with E-state index < -0.39 is 11.7 Å². The number of rotatable bonds is 5. The van der Waals surface area contributed by atoms with E-state index >= 15 is 0 Å². The molecule has 2 N–H and O–H groups in total. The monoisotopic (exact) mass is 449 g/mol. The highest BCUT2D eigenvalue weighted by atomic mass is 16.5. The summed E-state index contributed by atoms with van der Waals surface area (Å²) in [6.07, 6.45) is 3.81. The van der Waals surface area contributed by atoms with Gasteiger partial charge in [-0.1, -0.05) is 6.92 Å². The number of hydrogen-bond acceptors (Lipinski definition) is 7. The summed E-state index contributed by atoms with van der Waals surface area (Å²) in [4.78, 5) is 14.4. The minimum absolute atomic E-state index is 0.0714. The molecule has 1 saturated heterocycles. The number of aliphatic hydroxyl groups is 2. The Balaban J connectivity index is 1.55. The van der Waals surface area contributed by atoms with Crippen LogP contribution in [0.3, 0.4) is 0 Å². The summed E-state index contributed by atoms with van der Waals surface area (Å²) in [6.45, 7) is 5.97. The highest BCUT2D eigenvalue weighted by Crippen LogP contribution is 2.79. The van der Waals surface area contributed by atoms with E-state index in [2.05, 4.69) is 11.8 Å². The maximum atomic E-state index is 12.4. The summed E-state index contributed by atoms with van der Waals surface area (Å²) in [6, 6.07) is 0.237. The standard InChI is InChI=1S/C25H39NO6/c1-5-26-11-23(12-32-13(2)27)7-6-19(31-4)25-15-8-14-17(30-3)10-24(29,20(15)21(14)28)16(22(25)26)9-18(23)25/h14-22,28-29H,5-12H2,1-4H3. The highest BCUT2D eigenvalue weighted by molar-refractivity contribution is 5.66. The Labute approximate surface area is 190 Å². The van der Waals surface area contributed by atoms with Gasteiger partial charge >= 0.3 is 5.97 Å². The Bertz CT molecular complexity index is 807. The van der Waals surface area contributed by atoms with Gasteiger partial charge in [-0.05, 0) is 44.1 Å². The third kappa shape index (κ3) is 2.28. The maximum Gasteiger partial charge on any atom is 0.302 e. The van der Waals surface area contributed by atoms with Crippen LogP contribution in [0, 0.1) is 40.4 Å². The van der Waals surface area contributed by atoms with Crippen LogP contribution in [0.15, 0.2) is 0 Å². The summed E-state index contributed by atoms with van der Waals surface area (Å²) in [7, 11) is 3.56. The molecule has 1 aliphatic heterocycles. The van der Waals surface area contributed by atoms with Crippen molar-refractivity contribution in [3.05, 3.63) is 0 Å². The van der Waals surface area contributed by atoms with E-state index in [1.807, 2.05) is 7.11 Å². The summed E-state index contributed by atoms with van der Waals surface area (Å²) >= 11 is 0. The average molecular weight is 450 g/mol. The molecule has 7 nitrogen and oxygen atoms in total. The van der Waals surface area contributed by atoms with E-state index in [0.717, 1.165) is 38.8 Å². The van der Waals surface area contributed by atoms with Crippen molar-refractivity contribution in [3.63, 3.8) is 0 Å². The second kappa shape index (κ2) is 6.91. The van der Waals surface area contributed by atoms with Crippen molar-refractivity contribution < 1.29 is 29.2 Å². The molecule has 6 aliphatic rings. The minimum atomic E-state index is -0.922. The first-order valence-corrected chi connectivity index (χ1v) is 12.6. The fraction of sp³-hybridized carbons (Fsp3) is 0.960. The third-order valence-corrected chi connectivity index (χ3v) is 11.3. The van der Waals surface area contributed by atoms with Crippen molar-refractivity contribution in [2.24, 2.45) is 40.4 Å². The first-order valence-electron chi connectivity index (χ1n) is 12.6. The molecule has 0 aromatic carbocycles. The number of carbonyl (C=O) groups is 1. The van der Waals surface area contributed by atoms with Crippen molar-refractivity contribution in [1.29, 1.82) is 0 Å². The first-order chi connectivity index (χ1) is 15.3. The van der Waals surface area contributed by atoms with Crippen LogP contribution in [0.2, 0.25) is 0 Å². The predicted octanol–water partition coefficient (Wildman–Crippen LogP) is 1.45. The number of ether oxygens (including phenoxy) is 3. The lowest BCUT2D eigenvalue weighted by Crippen LogP contribution is -2.76. The van der Waals surface area contributed by atoms with Crippen LogP contribution in [0.25, 0.3) is 0 Å². The molecule has 6 rings (SSSR count). The Hall–Kier alpha value is -0.730. The molecule has 5 aliphatic carbocycles. The zero-order valence-corrected chi connectivity index (χ0v) is 19.8. The van der Waals surface area contributed by atoms with E-state index in [-0.39, 0.29) is 58.7 Å². The Morgan fingerprint density at radius 1 is 1.19 bits per heavy atom. The SMILES string of the molecule is CCN1CC2(COC(C)=O)CCC(OC)C34C5CC6C(OC)CC(O)(C(CC23)C14)C5C6O. The molecule has 0 aromatic rings. The number of aliphatic hydroxyl groups excluding tert-OH is 1. The van der Waals surface area contributed by atoms with Gasteiger partial charge in [-0.2, -0.15) is 0 Å². The fourth-order valence-electron chi connectivity index (χ4n) is 10.6. The van der Waals surface area contributed by atoms with Gasteiger partial charge in [0.2, 0.25) is 0 Å². The lowest BCUT2D eigenvalue weighted by atomic mass is 9.43. The van der Waals surface area contributed by atoms with Crippen molar-refractivity contribution in [2.45, 2.75) is 75.9 Å². The molecule has 12 unspecified atom stereocenters. The molecule has 6 fully saturated rings. The lowest BCUT2D eigenvalue weighted by molar-refractivity contribution is -0.276. The van der Waals surface area contributed by atoms with Crippen LogP contribution in [-0.2, 0) is 19.0 Å². The van der Waals surface area contributed by atoms with Gasteiger partial charge in [-0.15, -0.1) is 0 Å². The highest BCUT2D eigenvalue weighted by Gasteiger charge is 2.83. The zero-order chi connectivity index (χ0) is 22.6. The van der Waals surface area contributed by atoms with Crippen molar-refractivity contribution in [3.8, 4) is 0 Å². The number of esters is 1. The van der Waals surface area contributed by atoms with Gasteiger partial charge in [0.1, 0.15) is 0 Å². The summed E-state index contributed by atoms with van der Waals surface area (Å²) in [5.74, 6) is 0.333. The van der Waals surface area contributed by atoms with Gasteiger partial charge in [0.05, 0.1) is 30.5 Å². The van der Waals surface area contributed by atoms with Crippen LogP contribution in [-0.4, -0.2) is 85.0 Å². The van der Waals surface area contributed by atoms with Gasteiger partial charge in [-0.25, -0.2) is 0 Å². The zero-order valence-electron chi connectivity index (χ0n) is 19.8. The van der Waals surface area contributed by atoms with E-state index in [1.165, 1.54) is 6.92 Å². The topological polar surface area (TPSA) is 88.5 Å². The van der Waals surface area contributed by atoms with Gasteiger partial charge in [-0.3, -0.25) is 9.69 Å². The van der Waals surface area contributed by atoms with Crippen LogP contribution < -0.4 is 0 Å². The third-order valence-electron chi connectivity index (χ3n) is 11.3. The number of hydrogen-bond donors (Lipinski definition) is 2. The van der Waals surface area contributed by atoms with E-state index in [9.17, 15) is 15.0 Å². The molecule has 7 heteroatoms. The number of likely N-dealkylation sites (tertiary alicyclic amines) is 1. The molecular formula is C25H39NO6. The number of carbonyl (C=O) groups excluding carboxylic acids is 1. The quantitative estimate of drug-likeness (QED) is 0.614. The van der Waals surface area contributed by atoms with Crippen molar-refractivity contribution in [2.75, 3.05) is 33.9 Å². The molecule has 5 saturated carbocycles. The Morgan fingerprint density at radius 2 is 1.97 bits per heavy atom. The van der Waals surface area contributed by atoms with Gasteiger partial charge in [0, 0.05) is 68.7 Å². The molecule has 7 bridgehead atoms. The molecule has 12 atom stereocenters. The average Bonchev–Trinajstić information content (AvgIpc) is 3.19. The minimum Gasteiger partial charge on any atom is -0.465 e. The molecule has 0 radical (unpaired) electrons. The predicted molar refractivity (Wildman–Crippen MR) is 116 cm³/mol. The van der Waals surface area contributed by atoms with Crippen LogP contribution in [0.1, 0.15) is 46.0 Å². The van der Waals surface area contributed by atoms with Crippen molar-refractivity contribution in [1.82, 2.24) is 4.90 Å². The normalized spacial score (nSPS) is 57.5. The smallest absolute Gasteiger partial charge is 0.302 e. The Morgan fingerprint density at radius 3 is 2.62 bits per heavy atom. The second-order valence-electron chi connectivity index (χ2n) is 11.8. The van der Waals surface area contributed by atoms with Crippen LogP contribution in [0.5, 0.6) is 0 Å². The van der Waals surface area contributed by atoms with Gasteiger partial charge in [0.15, 0.2) is 0 Å². The number of methoxy groups -OCH3 is 2. The molecule has 180 valence electrons. The maximum absolute atomic E-state index is 12.4. The summed E-state index contributed by atoms with van der Waals surface area (Å²) < 4.78 is 17.9. The number of piperidine rings is 1. The fourth-order valence-corrected chi connectivity index (χ4v) is 10.6. The van der Waals surface area contributed by atoms with E-state index in [4.69, 9.17) is 14.2 Å². The molecule has 32 heavy (non-hydrogen) atoms. The van der Waals surface area contributed by atoms with Crippen LogP contribution >= 0.6 is 0 Å². The molecule has 0 aromatic heterocycles. The van der Waals surface area contributed by atoms with E-state index in [0.29, 0.717) is 18.9 Å².